The summed E-state index contributed by atoms with van der Waals surface area (Å²) in [6, 6.07) is 7.46. The molecule has 2 aromatic rings. The van der Waals surface area contributed by atoms with Crippen molar-refractivity contribution in [2.24, 2.45) is 0 Å². The number of amides is 1. The molecule has 1 aromatic heterocycles. The maximum Gasteiger partial charge on any atom is 0.234 e. The van der Waals surface area contributed by atoms with Gasteiger partial charge in [0.25, 0.3) is 0 Å². The second-order valence-electron chi connectivity index (χ2n) is 5.11. The highest BCUT2D eigenvalue weighted by molar-refractivity contribution is 6.10. The molecule has 0 bridgehead atoms. The van der Waals surface area contributed by atoms with Crippen molar-refractivity contribution in [2.45, 2.75) is 13.0 Å². The second kappa shape index (κ2) is 5.09. The number of benzene rings is 1. The molecule has 0 saturated carbocycles. The van der Waals surface area contributed by atoms with Gasteiger partial charge in [0.15, 0.2) is 5.78 Å². The minimum atomic E-state index is -0.291. The lowest BCUT2D eigenvalue weighted by Gasteiger charge is -2.30. The molecule has 0 aliphatic carbocycles. The summed E-state index contributed by atoms with van der Waals surface area (Å²) in [7, 11) is 0. The molecular formula is C15H17N3O2. The van der Waals surface area contributed by atoms with E-state index in [0.29, 0.717) is 18.7 Å². The number of aromatic amines is 1. The van der Waals surface area contributed by atoms with Crippen LogP contribution >= 0.6 is 0 Å². The zero-order valence-electron chi connectivity index (χ0n) is 11.3. The molecule has 20 heavy (non-hydrogen) atoms. The molecule has 5 heteroatoms. The van der Waals surface area contributed by atoms with Gasteiger partial charge in [0, 0.05) is 35.8 Å². The Morgan fingerprint density at radius 1 is 1.35 bits per heavy atom. The minimum Gasteiger partial charge on any atom is -0.360 e. The van der Waals surface area contributed by atoms with E-state index in [1.807, 2.05) is 36.1 Å². The highest BCUT2D eigenvalue weighted by Gasteiger charge is 2.27. The number of hydrogen-bond acceptors (Lipinski definition) is 3. The Morgan fingerprint density at radius 2 is 2.15 bits per heavy atom. The summed E-state index contributed by atoms with van der Waals surface area (Å²) in [5.74, 6) is 0.0342. The van der Waals surface area contributed by atoms with Gasteiger partial charge in [0.05, 0.1) is 12.6 Å². The van der Waals surface area contributed by atoms with Gasteiger partial charge in [-0.2, -0.15) is 0 Å². The van der Waals surface area contributed by atoms with Gasteiger partial charge in [-0.1, -0.05) is 18.2 Å². The summed E-state index contributed by atoms with van der Waals surface area (Å²) in [5, 5.41) is 3.71. The Morgan fingerprint density at radius 3 is 2.95 bits per heavy atom. The second-order valence-corrected chi connectivity index (χ2v) is 5.11. The standard InChI is InChI=1S/C15H17N3O2/c1-10(18-7-6-16-14(19)9-18)15(20)12-8-17-13-5-3-2-4-11(12)13/h2-5,8,10,17H,6-7,9H2,1H3,(H,16,19)/t10-/m1/s1. The number of ketones is 1. The van der Waals surface area contributed by atoms with E-state index in [1.165, 1.54) is 0 Å². The molecule has 0 radical (unpaired) electrons. The molecule has 5 nitrogen and oxygen atoms in total. The van der Waals surface area contributed by atoms with E-state index >= 15 is 0 Å². The number of Topliss-reactive ketones (excluding diaryl/α,β-unsaturated/α-hetero) is 1. The Labute approximate surface area is 117 Å². The molecule has 1 atom stereocenters. The fourth-order valence-corrected chi connectivity index (χ4v) is 2.66. The third-order valence-electron chi connectivity index (χ3n) is 3.85. The van der Waals surface area contributed by atoms with Gasteiger partial charge in [-0.15, -0.1) is 0 Å². The van der Waals surface area contributed by atoms with Crippen LogP contribution in [0.2, 0.25) is 0 Å². The summed E-state index contributed by atoms with van der Waals surface area (Å²) < 4.78 is 0. The van der Waals surface area contributed by atoms with Crippen molar-refractivity contribution in [3.05, 3.63) is 36.0 Å². The van der Waals surface area contributed by atoms with Gasteiger partial charge in [-0.3, -0.25) is 14.5 Å². The van der Waals surface area contributed by atoms with Crippen LogP contribution in [0.15, 0.2) is 30.5 Å². The van der Waals surface area contributed by atoms with Crippen LogP contribution in [0, 0.1) is 0 Å². The molecule has 1 fully saturated rings. The average molecular weight is 271 g/mol. The van der Waals surface area contributed by atoms with Crippen LogP contribution in [-0.4, -0.2) is 47.3 Å². The average Bonchev–Trinajstić information content (AvgIpc) is 2.89. The van der Waals surface area contributed by atoms with Crippen LogP contribution in [0.4, 0.5) is 0 Å². The fraction of sp³-hybridized carbons (Fsp3) is 0.333. The Balaban J connectivity index is 1.86. The number of para-hydroxylation sites is 1. The number of hydrogen-bond donors (Lipinski definition) is 2. The van der Waals surface area contributed by atoms with Gasteiger partial charge in [0.2, 0.25) is 5.91 Å². The third kappa shape index (κ3) is 2.20. The summed E-state index contributed by atoms with van der Waals surface area (Å²) in [5.41, 5.74) is 1.65. The molecule has 104 valence electrons. The third-order valence-corrected chi connectivity index (χ3v) is 3.85. The molecule has 3 rings (SSSR count). The molecule has 1 aromatic carbocycles. The zero-order chi connectivity index (χ0) is 14.1. The van der Waals surface area contributed by atoms with Crippen LogP contribution in [0.25, 0.3) is 10.9 Å². The molecule has 0 spiro atoms. The first-order chi connectivity index (χ1) is 9.66. The predicted octanol–water partition coefficient (Wildman–Crippen LogP) is 1.17. The molecule has 0 unspecified atom stereocenters. The number of rotatable bonds is 3. The molecule has 2 N–H and O–H groups in total. The molecule has 2 heterocycles. The van der Waals surface area contributed by atoms with Crippen molar-refractivity contribution in [2.75, 3.05) is 19.6 Å². The highest BCUT2D eigenvalue weighted by Crippen LogP contribution is 2.20. The van der Waals surface area contributed by atoms with Gasteiger partial charge in [-0.25, -0.2) is 0 Å². The van der Waals surface area contributed by atoms with Crippen molar-refractivity contribution in [1.29, 1.82) is 0 Å². The summed E-state index contributed by atoms with van der Waals surface area (Å²) in [6.45, 7) is 3.46. The summed E-state index contributed by atoms with van der Waals surface area (Å²) in [6.07, 6.45) is 1.76. The fourth-order valence-electron chi connectivity index (χ4n) is 2.66. The van der Waals surface area contributed by atoms with E-state index in [9.17, 15) is 9.59 Å². The first-order valence-corrected chi connectivity index (χ1v) is 6.78. The van der Waals surface area contributed by atoms with Gasteiger partial charge in [-0.05, 0) is 13.0 Å². The maximum atomic E-state index is 12.6. The van der Waals surface area contributed by atoms with Crippen LogP contribution in [-0.2, 0) is 4.79 Å². The first-order valence-electron chi connectivity index (χ1n) is 6.78. The molecule has 1 saturated heterocycles. The van der Waals surface area contributed by atoms with E-state index in [-0.39, 0.29) is 24.3 Å². The zero-order valence-corrected chi connectivity index (χ0v) is 11.3. The molecule has 1 aliphatic rings. The Hall–Kier alpha value is -2.14. The number of piperazine rings is 1. The van der Waals surface area contributed by atoms with Crippen LogP contribution in [0.3, 0.4) is 0 Å². The number of aromatic nitrogens is 1. The largest absolute Gasteiger partial charge is 0.360 e. The van der Waals surface area contributed by atoms with Crippen LogP contribution in [0.1, 0.15) is 17.3 Å². The van der Waals surface area contributed by atoms with Crippen molar-refractivity contribution in [1.82, 2.24) is 15.2 Å². The smallest absolute Gasteiger partial charge is 0.234 e. The summed E-state index contributed by atoms with van der Waals surface area (Å²) >= 11 is 0. The first kappa shape index (κ1) is 12.9. The highest BCUT2D eigenvalue weighted by atomic mass is 16.2. The number of nitrogens with zero attached hydrogens (tertiary/aromatic N) is 1. The van der Waals surface area contributed by atoms with E-state index in [1.54, 1.807) is 6.20 Å². The predicted molar refractivity (Wildman–Crippen MR) is 76.7 cm³/mol. The van der Waals surface area contributed by atoms with E-state index < -0.39 is 0 Å². The van der Waals surface area contributed by atoms with E-state index in [4.69, 9.17) is 0 Å². The van der Waals surface area contributed by atoms with Crippen molar-refractivity contribution in [3.8, 4) is 0 Å². The number of H-pyrrole nitrogens is 1. The molecule has 1 aliphatic heterocycles. The Bertz CT molecular complexity index is 662. The van der Waals surface area contributed by atoms with Gasteiger partial charge >= 0.3 is 0 Å². The Kier molecular flexibility index (Phi) is 3.28. The number of fused-ring (bicyclic) bond motifs is 1. The lowest BCUT2D eigenvalue weighted by Crippen LogP contribution is -2.52. The van der Waals surface area contributed by atoms with Crippen molar-refractivity contribution >= 4 is 22.6 Å². The normalized spacial score (nSPS) is 17.9. The van der Waals surface area contributed by atoms with Crippen molar-refractivity contribution < 1.29 is 9.59 Å². The van der Waals surface area contributed by atoms with E-state index in [0.717, 1.165) is 10.9 Å². The van der Waals surface area contributed by atoms with Crippen molar-refractivity contribution in [3.63, 3.8) is 0 Å². The SMILES string of the molecule is C[C@H](C(=O)c1c[nH]c2ccccc12)N1CCNC(=O)C1. The minimum absolute atomic E-state index is 0.0187. The molecular weight excluding hydrogens is 254 g/mol. The topological polar surface area (TPSA) is 65.2 Å². The van der Waals surface area contributed by atoms with Crippen LogP contribution < -0.4 is 5.32 Å². The van der Waals surface area contributed by atoms with Gasteiger partial charge < -0.3 is 10.3 Å². The number of carbonyl (C=O) groups is 2. The van der Waals surface area contributed by atoms with Gasteiger partial charge in [0.1, 0.15) is 0 Å². The van der Waals surface area contributed by atoms with E-state index in [2.05, 4.69) is 10.3 Å². The lowest BCUT2D eigenvalue weighted by molar-refractivity contribution is -0.124. The maximum absolute atomic E-state index is 12.6. The quantitative estimate of drug-likeness (QED) is 0.824. The lowest BCUT2D eigenvalue weighted by atomic mass is 10.0. The monoisotopic (exact) mass is 271 g/mol. The summed E-state index contributed by atoms with van der Waals surface area (Å²) in [4.78, 5) is 29.1. The molecule has 1 amide bonds. The number of carbonyl (C=O) groups excluding carboxylic acids is 2. The van der Waals surface area contributed by atoms with Crippen LogP contribution in [0.5, 0.6) is 0 Å². The number of nitrogens with one attached hydrogen (secondary N) is 2.